The Morgan fingerprint density at radius 1 is 1.42 bits per heavy atom. The first-order valence-electron chi connectivity index (χ1n) is 6.27. The second-order valence-corrected chi connectivity index (χ2v) is 4.44. The standard InChI is InChI=1S/C15H9F3N4O2/c1-3-6-22(14(24)13(21-20)9(2)23)11-5-4-10(8-19)12(7-11)15(16,17)18/h1,4-5,7H,6H2,2H3. The van der Waals surface area contributed by atoms with Gasteiger partial charge < -0.3 is 5.53 Å². The van der Waals surface area contributed by atoms with Gasteiger partial charge in [-0.2, -0.15) is 23.2 Å². The number of hydrogen-bond donors (Lipinski definition) is 0. The van der Waals surface area contributed by atoms with Crippen LogP contribution in [0, 0.1) is 23.7 Å². The highest BCUT2D eigenvalue weighted by molar-refractivity contribution is 6.65. The average molecular weight is 334 g/mol. The fraction of sp³-hybridized carbons (Fsp3) is 0.200. The number of anilines is 1. The molecular weight excluding hydrogens is 325 g/mol. The van der Waals surface area contributed by atoms with Gasteiger partial charge in [-0.05, 0) is 18.2 Å². The van der Waals surface area contributed by atoms with Gasteiger partial charge in [0, 0.05) is 12.6 Å². The van der Waals surface area contributed by atoms with Crippen LogP contribution in [0.1, 0.15) is 18.1 Å². The molecule has 1 amide bonds. The Morgan fingerprint density at radius 3 is 2.46 bits per heavy atom. The van der Waals surface area contributed by atoms with Crippen LogP contribution in [0.2, 0.25) is 0 Å². The molecule has 24 heavy (non-hydrogen) atoms. The van der Waals surface area contributed by atoms with Gasteiger partial charge in [-0.15, -0.1) is 6.42 Å². The normalized spacial score (nSPS) is 10.1. The lowest BCUT2D eigenvalue weighted by Crippen LogP contribution is -2.40. The van der Waals surface area contributed by atoms with Gasteiger partial charge >= 0.3 is 17.8 Å². The number of rotatable bonds is 4. The third-order valence-electron chi connectivity index (χ3n) is 2.87. The number of hydrogen-bond acceptors (Lipinski definition) is 3. The SMILES string of the molecule is C#CCN(C(=O)C(=[N+]=[N-])C(C)=O)c1ccc(C#N)c(C(F)(F)F)c1. The van der Waals surface area contributed by atoms with E-state index in [-0.39, 0.29) is 5.69 Å². The number of Topliss-reactive ketones (excluding diaryl/α,β-unsaturated/α-hetero) is 1. The zero-order chi connectivity index (χ0) is 18.5. The van der Waals surface area contributed by atoms with Crippen LogP contribution in [-0.4, -0.2) is 28.7 Å². The molecule has 0 saturated carbocycles. The van der Waals surface area contributed by atoms with Crippen molar-refractivity contribution < 1.29 is 27.6 Å². The summed E-state index contributed by atoms with van der Waals surface area (Å²) in [5.41, 5.74) is 5.66. The Kier molecular flexibility index (Phi) is 5.61. The summed E-state index contributed by atoms with van der Waals surface area (Å²) in [6.07, 6.45) is 0.263. The van der Waals surface area contributed by atoms with E-state index in [1.807, 2.05) is 0 Å². The van der Waals surface area contributed by atoms with Crippen molar-refractivity contribution in [2.24, 2.45) is 0 Å². The first-order chi connectivity index (χ1) is 11.2. The van der Waals surface area contributed by atoms with E-state index in [4.69, 9.17) is 17.2 Å². The maximum absolute atomic E-state index is 13.0. The molecule has 0 aromatic heterocycles. The summed E-state index contributed by atoms with van der Waals surface area (Å²) in [6, 6.07) is 3.90. The Morgan fingerprint density at radius 2 is 2.04 bits per heavy atom. The van der Waals surface area contributed by atoms with Gasteiger partial charge in [0.05, 0.1) is 23.7 Å². The number of nitriles is 1. The van der Waals surface area contributed by atoms with Crippen LogP contribution in [0.4, 0.5) is 18.9 Å². The lowest BCUT2D eigenvalue weighted by molar-refractivity contribution is -0.137. The molecule has 0 N–H and O–H groups in total. The summed E-state index contributed by atoms with van der Waals surface area (Å²) < 4.78 is 39.0. The number of alkyl halides is 3. The monoisotopic (exact) mass is 334 g/mol. The second-order valence-electron chi connectivity index (χ2n) is 4.44. The van der Waals surface area contributed by atoms with E-state index in [9.17, 15) is 22.8 Å². The number of terminal acetylenes is 1. The number of carbonyl (C=O) groups excluding carboxylic acids is 2. The van der Waals surface area contributed by atoms with E-state index >= 15 is 0 Å². The molecule has 1 rings (SSSR count). The Bertz CT molecular complexity index is 825. The third-order valence-corrected chi connectivity index (χ3v) is 2.87. The maximum Gasteiger partial charge on any atom is 0.421 e. The Balaban J connectivity index is 3.51. The number of carbonyl (C=O) groups is 2. The average Bonchev–Trinajstić information content (AvgIpc) is 2.51. The molecular formula is C15H9F3N4O2. The van der Waals surface area contributed by atoms with Crippen molar-refractivity contribution >= 4 is 23.1 Å². The highest BCUT2D eigenvalue weighted by atomic mass is 19.4. The molecule has 0 heterocycles. The van der Waals surface area contributed by atoms with E-state index in [1.165, 1.54) is 6.07 Å². The van der Waals surface area contributed by atoms with Crippen molar-refractivity contribution in [2.75, 3.05) is 11.4 Å². The number of ketones is 1. The van der Waals surface area contributed by atoms with Crippen LogP contribution in [-0.2, 0) is 15.8 Å². The minimum atomic E-state index is -4.83. The van der Waals surface area contributed by atoms with Crippen LogP contribution in [0.15, 0.2) is 18.2 Å². The molecule has 0 aliphatic heterocycles. The van der Waals surface area contributed by atoms with Gasteiger partial charge in [0.1, 0.15) is 0 Å². The second kappa shape index (κ2) is 7.23. The van der Waals surface area contributed by atoms with Crippen molar-refractivity contribution in [1.29, 1.82) is 5.26 Å². The van der Waals surface area contributed by atoms with Gasteiger partial charge in [0.25, 0.3) is 0 Å². The van der Waals surface area contributed by atoms with Gasteiger partial charge in [-0.1, -0.05) is 5.92 Å². The predicted molar refractivity (Wildman–Crippen MR) is 76.7 cm³/mol. The molecule has 1 aromatic rings. The number of benzene rings is 1. The molecule has 0 fully saturated rings. The zero-order valence-electron chi connectivity index (χ0n) is 12.3. The smallest absolute Gasteiger partial charge is 0.360 e. The van der Waals surface area contributed by atoms with Crippen molar-refractivity contribution in [3.05, 3.63) is 34.9 Å². The van der Waals surface area contributed by atoms with Crippen molar-refractivity contribution in [3.63, 3.8) is 0 Å². The van der Waals surface area contributed by atoms with E-state index in [0.29, 0.717) is 11.0 Å². The van der Waals surface area contributed by atoms with Crippen LogP contribution < -0.4 is 4.90 Å². The molecule has 0 unspecified atom stereocenters. The lowest BCUT2D eigenvalue weighted by atomic mass is 10.1. The van der Waals surface area contributed by atoms with Crippen LogP contribution in [0.5, 0.6) is 0 Å². The predicted octanol–water partition coefficient (Wildman–Crippen LogP) is 1.80. The van der Waals surface area contributed by atoms with Crippen molar-refractivity contribution in [2.45, 2.75) is 13.1 Å². The molecule has 0 radical (unpaired) electrons. The first kappa shape index (κ1) is 18.6. The van der Waals surface area contributed by atoms with Crippen LogP contribution in [0.3, 0.4) is 0 Å². The largest absolute Gasteiger partial charge is 0.421 e. The number of halogens is 3. The topological polar surface area (TPSA) is 97.6 Å². The van der Waals surface area contributed by atoms with Crippen LogP contribution >= 0.6 is 0 Å². The van der Waals surface area contributed by atoms with E-state index in [2.05, 4.69) is 10.7 Å². The summed E-state index contributed by atoms with van der Waals surface area (Å²) in [5, 5.41) is 8.76. The van der Waals surface area contributed by atoms with Gasteiger partial charge in [0.2, 0.25) is 5.78 Å². The van der Waals surface area contributed by atoms with Gasteiger partial charge in [-0.25, -0.2) is 0 Å². The van der Waals surface area contributed by atoms with Crippen molar-refractivity contribution in [3.8, 4) is 18.4 Å². The molecule has 9 heteroatoms. The summed E-state index contributed by atoms with van der Waals surface area (Å²) in [6.45, 7) is 0.468. The third kappa shape index (κ3) is 3.86. The fourth-order valence-electron chi connectivity index (χ4n) is 1.80. The fourth-order valence-corrected chi connectivity index (χ4v) is 1.80. The highest BCUT2D eigenvalue weighted by Gasteiger charge is 2.36. The summed E-state index contributed by atoms with van der Waals surface area (Å²) in [4.78, 5) is 26.7. The summed E-state index contributed by atoms with van der Waals surface area (Å²) in [5.74, 6) is 0.00259. The van der Waals surface area contributed by atoms with Gasteiger partial charge in [-0.3, -0.25) is 14.5 Å². The highest BCUT2D eigenvalue weighted by Crippen LogP contribution is 2.34. The quantitative estimate of drug-likeness (QED) is 0.276. The molecule has 0 saturated heterocycles. The maximum atomic E-state index is 13.0. The van der Waals surface area contributed by atoms with Gasteiger partial charge in [0.15, 0.2) is 0 Å². The lowest BCUT2D eigenvalue weighted by Gasteiger charge is -2.19. The molecule has 6 nitrogen and oxygen atoms in total. The Labute approximate surface area is 134 Å². The minimum absolute atomic E-state index is 0.299. The molecule has 0 atom stereocenters. The molecule has 122 valence electrons. The first-order valence-corrected chi connectivity index (χ1v) is 6.27. The molecule has 0 aliphatic carbocycles. The van der Waals surface area contributed by atoms with Crippen LogP contribution in [0.25, 0.3) is 5.53 Å². The number of nitrogens with zero attached hydrogens (tertiary/aromatic N) is 4. The number of amides is 1. The van der Waals surface area contributed by atoms with Crippen molar-refractivity contribution in [1.82, 2.24) is 0 Å². The zero-order valence-corrected chi connectivity index (χ0v) is 12.3. The molecule has 0 aliphatic rings. The molecule has 1 aromatic carbocycles. The molecule has 0 bridgehead atoms. The van der Waals surface area contributed by atoms with E-state index < -0.39 is 41.3 Å². The minimum Gasteiger partial charge on any atom is -0.360 e. The molecule has 0 spiro atoms. The van der Waals surface area contributed by atoms with E-state index in [0.717, 1.165) is 19.1 Å². The Hall–Kier alpha value is -3.42. The summed E-state index contributed by atoms with van der Waals surface area (Å²) >= 11 is 0. The summed E-state index contributed by atoms with van der Waals surface area (Å²) in [7, 11) is 0. The van der Waals surface area contributed by atoms with E-state index in [1.54, 1.807) is 0 Å².